The second kappa shape index (κ2) is 10.4. The molecule has 0 bridgehead atoms. The number of carbonyl (C=O) groups excluding carboxylic acids is 1. The van der Waals surface area contributed by atoms with Gasteiger partial charge in [0.25, 0.3) is 0 Å². The lowest BCUT2D eigenvalue weighted by Gasteiger charge is -2.39. The Balaban J connectivity index is 2.63. The molecule has 7 heteroatoms. The van der Waals surface area contributed by atoms with E-state index in [1.165, 1.54) is 0 Å². The molecule has 0 spiro atoms. The van der Waals surface area contributed by atoms with Crippen LogP contribution in [0, 0.1) is 5.92 Å². The molecule has 1 amide bonds. The highest BCUT2D eigenvalue weighted by Gasteiger charge is 2.39. The summed E-state index contributed by atoms with van der Waals surface area (Å²) < 4.78 is 10.9. The Morgan fingerprint density at radius 1 is 1.19 bits per heavy atom. The Hall–Kier alpha value is -0.890. The van der Waals surface area contributed by atoms with Crippen molar-refractivity contribution in [1.29, 1.82) is 0 Å². The van der Waals surface area contributed by atoms with Gasteiger partial charge in [0, 0.05) is 6.42 Å². The zero-order valence-corrected chi connectivity index (χ0v) is 16.8. The Morgan fingerprint density at radius 3 is 2.42 bits per heavy atom. The fourth-order valence-electron chi connectivity index (χ4n) is 3.33. The van der Waals surface area contributed by atoms with E-state index in [0.717, 1.165) is 6.42 Å². The fraction of sp³-hybridized carbons (Fsp3) is 0.947. The van der Waals surface area contributed by atoms with Gasteiger partial charge >= 0.3 is 6.09 Å². The third-order valence-electron chi connectivity index (χ3n) is 4.46. The molecule has 1 saturated carbocycles. The number of rotatable bonds is 8. The van der Waals surface area contributed by atoms with Gasteiger partial charge in [0.05, 0.1) is 18.2 Å². The van der Waals surface area contributed by atoms with Crippen LogP contribution in [0.2, 0.25) is 0 Å². The van der Waals surface area contributed by atoms with Crippen LogP contribution in [-0.4, -0.2) is 57.7 Å². The van der Waals surface area contributed by atoms with Crippen molar-refractivity contribution >= 4 is 6.09 Å². The molecule has 0 heterocycles. The number of ether oxygens (including phenoxy) is 2. The number of hydrogen-bond acceptors (Lipinski definition) is 6. The first-order valence-corrected chi connectivity index (χ1v) is 9.71. The molecule has 7 nitrogen and oxygen atoms in total. The average molecular weight is 376 g/mol. The summed E-state index contributed by atoms with van der Waals surface area (Å²) in [5.74, 6) is 0.216. The quantitative estimate of drug-likeness (QED) is 0.485. The normalized spacial score (nSPS) is 29.1. The minimum atomic E-state index is -1.10. The maximum atomic E-state index is 12.1. The van der Waals surface area contributed by atoms with Crippen LogP contribution in [0.15, 0.2) is 0 Å². The second-order valence-corrected chi connectivity index (χ2v) is 8.47. The molecule has 1 aliphatic carbocycles. The summed E-state index contributed by atoms with van der Waals surface area (Å²) in [5.41, 5.74) is -0.617. The van der Waals surface area contributed by atoms with E-state index in [4.69, 9.17) is 9.47 Å². The molecule has 1 rings (SSSR count). The molecule has 4 N–H and O–H groups in total. The van der Waals surface area contributed by atoms with Crippen molar-refractivity contribution in [1.82, 2.24) is 5.32 Å². The molecular formula is C19H37NO6. The Labute approximate surface area is 157 Å². The number of carbonyl (C=O) groups is 1. The summed E-state index contributed by atoms with van der Waals surface area (Å²) in [6.45, 7) is 9.34. The lowest BCUT2D eigenvalue weighted by atomic mass is 9.82. The van der Waals surface area contributed by atoms with Crippen LogP contribution in [0.1, 0.15) is 73.1 Å². The Morgan fingerprint density at radius 2 is 1.85 bits per heavy atom. The monoisotopic (exact) mass is 375 g/mol. The maximum Gasteiger partial charge on any atom is 0.407 e. The van der Waals surface area contributed by atoms with E-state index in [1.807, 2.05) is 13.8 Å². The molecule has 1 fully saturated rings. The van der Waals surface area contributed by atoms with Crippen molar-refractivity contribution in [2.45, 2.75) is 109 Å². The highest BCUT2D eigenvalue weighted by atomic mass is 16.6. The van der Waals surface area contributed by atoms with Crippen LogP contribution in [0.3, 0.4) is 0 Å². The highest BCUT2D eigenvalue weighted by Crippen LogP contribution is 2.28. The number of nitrogens with one attached hydrogen (secondary N) is 1. The van der Waals surface area contributed by atoms with E-state index < -0.39 is 42.3 Å². The molecule has 0 saturated heterocycles. The molecule has 0 aromatic rings. The van der Waals surface area contributed by atoms with Gasteiger partial charge in [0.15, 0.2) is 6.29 Å². The average Bonchev–Trinajstić information content (AvgIpc) is 2.47. The third kappa shape index (κ3) is 8.66. The summed E-state index contributed by atoms with van der Waals surface area (Å²) in [6, 6.07) is -0.446. The van der Waals surface area contributed by atoms with Crippen molar-refractivity contribution in [3.05, 3.63) is 0 Å². The smallest absolute Gasteiger partial charge is 0.407 e. The topological polar surface area (TPSA) is 108 Å². The number of alkyl carbamates (subject to hydrolysis) is 1. The Bertz CT molecular complexity index is 425. The standard InChI is InChI=1S/C19H37NO6/c1-6-7-13(21)8-9-16(23)25-17-14(10-12(2)11-15(17)22)20-18(24)26-19(3,4)5/h12-17,21-23H,6-11H2,1-5H3,(H,20,24). The lowest BCUT2D eigenvalue weighted by Crippen LogP contribution is -2.55. The molecule has 6 unspecified atom stereocenters. The first kappa shape index (κ1) is 23.1. The van der Waals surface area contributed by atoms with Crippen molar-refractivity contribution < 1.29 is 29.6 Å². The second-order valence-electron chi connectivity index (χ2n) is 8.47. The summed E-state index contributed by atoms with van der Waals surface area (Å²) in [6.07, 6.45) is -0.191. The molecule has 154 valence electrons. The first-order valence-electron chi connectivity index (χ1n) is 9.71. The van der Waals surface area contributed by atoms with Crippen LogP contribution in [-0.2, 0) is 9.47 Å². The molecule has 0 radical (unpaired) electrons. The number of amides is 1. The van der Waals surface area contributed by atoms with Gasteiger partial charge in [0.1, 0.15) is 11.7 Å². The van der Waals surface area contributed by atoms with Gasteiger partial charge in [-0.05, 0) is 52.4 Å². The molecule has 26 heavy (non-hydrogen) atoms. The van der Waals surface area contributed by atoms with Crippen molar-refractivity contribution in [2.24, 2.45) is 5.92 Å². The fourth-order valence-corrected chi connectivity index (χ4v) is 3.33. The van der Waals surface area contributed by atoms with Gasteiger partial charge in [0.2, 0.25) is 0 Å². The van der Waals surface area contributed by atoms with E-state index in [2.05, 4.69) is 5.32 Å². The van der Waals surface area contributed by atoms with E-state index >= 15 is 0 Å². The van der Waals surface area contributed by atoms with Crippen LogP contribution < -0.4 is 5.32 Å². The Kier molecular flexibility index (Phi) is 9.30. The first-order chi connectivity index (χ1) is 12.0. The molecular weight excluding hydrogens is 338 g/mol. The summed E-state index contributed by atoms with van der Waals surface area (Å²) in [7, 11) is 0. The SMILES string of the molecule is CCCC(O)CCC(O)OC1C(O)CC(C)CC1NC(=O)OC(C)(C)C. The molecule has 0 aromatic carbocycles. The van der Waals surface area contributed by atoms with Gasteiger partial charge in [-0.15, -0.1) is 0 Å². The highest BCUT2D eigenvalue weighted by molar-refractivity contribution is 5.68. The summed E-state index contributed by atoms with van der Waals surface area (Å²) >= 11 is 0. The van der Waals surface area contributed by atoms with Crippen molar-refractivity contribution in [3.8, 4) is 0 Å². The third-order valence-corrected chi connectivity index (χ3v) is 4.46. The van der Waals surface area contributed by atoms with E-state index in [9.17, 15) is 20.1 Å². The van der Waals surface area contributed by atoms with E-state index in [1.54, 1.807) is 20.8 Å². The molecule has 0 aliphatic heterocycles. The largest absolute Gasteiger partial charge is 0.444 e. The zero-order chi connectivity index (χ0) is 19.9. The predicted octanol–water partition coefficient (Wildman–Crippen LogP) is 2.32. The number of aliphatic hydroxyl groups excluding tert-OH is 3. The predicted molar refractivity (Wildman–Crippen MR) is 98.6 cm³/mol. The molecule has 6 atom stereocenters. The van der Waals surface area contributed by atoms with Crippen molar-refractivity contribution in [2.75, 3.05) is 0 Å². The van der Waals surface area contributed by atoms with E-state index in [-0.39, 0.29) is 12.3 Å². The molecule has 1 aliphatic rings. The summed E-state index contributed by atoms with van der Waals surface area (Å²) in [5, 5.41) is 33.1. The minimum Gasteiger partial charge on any atom is -0.444 e. The van der Waals surface area contributed by atoms with E-state index in [0.29, 0.717) is 25.7 Å². The zero-order valence-electron chi connectivity index (χ0n) is 16.8. The van der Waals surface area contributed by atoms with Gasteiger partial charge in [-0.3, -0.25) is 0 Å². The minimum absolute atomic E-state index is 0.216. The van der Waals surface area contributed by atoms with Crippen LogP contribution in [0.25, 0.3) is 0 Å². The van der Waals surface area contributed by atoms with Crippen LogP contribution in [0.4, 0.5) is 4.79 Å². The van der Waals surface area contributed by atoms with Gasteiger partial charge in [-0.25, -0.2) is 4.79 Å². The van der Waals surface area contributed by atoms with Crippen molar-refractivity contribution in [3.63, 3.8) is 0 Å². The summed E-state index contributed by atoms with van der Waals surface area (Å²) in [4.78, 5) is 12.1. The van der Waals surface area contributed by atoms with Crippen LogP contribution >= 0.6 is 0 Å². The molecule has 0 aromatic heterocycles. The lowest BCUT2D eigenvalue weighted by molar-refractivity contribution is -0.189. The van der Waals surface area contributed by atoms with Gasteiger partial charge in [-0.1, -0.05) is 20.3 Å². The number of aliphatic hydroxyl groups is 3. The number of hydrogen-bond donors (Lipinski definition) is 4. The maximum absolute atomic E-state index is 12.1. The van der Waals surface area contributed by atoms with Crippen LogP contribution in [0.5, 0.6) is 0 Å². The van der Waals surface area contributed by atoms with Gasteiger partial charge in [-0.2, -0.15) is 0 Å². The van der Waals surface area contributed by atoms with Gasteiger partial charge < -0.3 is 30.1 Å².